The van der Waals surface area contributed by atoms with Crippen LogP contribution in [0.4, 0.5) is 14.9 Å². The van der Waals surface area contributed by atoms with E-state index in [4.69, 9.17) is 4.74 Å². The van der Waals surface area contributed by atoms with Crippen LogP contribution in [0.15, 0.2) is 82.2 Å². The van der Waals surface area contributed by atoms with Crippen molar-refractivity contribution in [3.05, 3.63) is 99.1 Å². The number of amides is 3. The Morgan fingerprint density at radius 3 is 2.56 bits per heavy atom. The smallest absolute Gasteiger partial charge is 0.294 e. The van der Waals surface area contributed by atoms with Crippen LogP contribution < -0.4 is 10.1 Å². The van der Waals surface area contributed by atoms with Crippen molar-refractivity contribution in [1.82, 2.24) is 4.90 Å². The summed E-state index contributed by atoms with van der Waals surface area (Å²) in [5.74, 6) is -1.01. The molecule has 1 aliphatic heterocycles. The second kappa shape index (κ2) is 10.7. The Bertz CT molecular complexity index is 1280. The van der Waals surface area contributed by atoms with Gasteiger partial charge in [0.15, 0.2) is 0 Å². The lowest BCUT2D eigenvalue weighted by atomic mass is 10.1. The minimum absolute atomic E-state index is 0.00369. The minimum atomic E-state index is -0.571. The first kappa shape index (κ1) is 23.7. The number of nitrogens with zero attached hydrogens (tertiary/aromatic N) is 1. The van der Waals surface area contributed by atoms with Gasteiger partial charge < -0.3 is 10.1 Å². The summed E-state index contributed by atoms with van der Waals surface area (Å²) in [5.41, 5.74) is 1.49. The number of benzene rings is 3. The molecule has 0 aromatic heterocycles. The molecule has 0 saturated carbocycles. The highest BCUT2D eigenvalue weighted by Crippen LogP contribution is 2.35. The molecule has 0 bridgehead atoms. The zero-order chi connectivity index (χ0) is 24.1. The number of halogens is 2. The fourth-order valence-corrected chi connectivity index (χ4v) is 4.39. The monoisotopic (exact) mass is 540 g/mol. The predicted octanol–water partition coefficient (Wildman–Crippen LogP) is 5.84. The molecule has 3 aromatic rings. The number of hydrogen-bond acceptors (Lipinski definition) is 5. The second-order valence-corrected chi connectivity index (χ2v) is 9.15. The van der Waals surface area contributed by atoms with E-state index < -0.39 is 23.6 Å². The molecule has 1 heterocycles. The van der Waals surface area contributed by atoms with Crippen molar-refractivity contribution in [2.75, 3.05) is 11.9 Å². The molecule has 1 aliphatic rings. The zero-order valence-corrected chi connectivity index (χ0v) is 20.1. The number of carbonyl (C=O) groups is 3. The van der Waals surface area contributed by atoms with Gasteiger partial charge in [-0.1, -0.05) is 52.3 Å². The molecule has 172 valence electrons. The number of para-hydroxylation sites is 1. The average Bonchev–Trinajstić information content (AvgIpc) is 3.07. The molecule has 34 heavy (non-hydrogen) atoms. The van der Waals surface area contributed by atoms with E-state index in [1.807, 2.05) is 6.07 Å². The third-order valence-electron chi connectivity index (χ3n) is 4.83. The SMILES string of the molecule is O=C(CN1C(=O)S/C(=C\c2cc(Br)ccc2OCc2ccccc2F)C1=O)Nc1ccccc1. The maximum Gasteiger partial charge on any atom is 0.294 e. The van der Waals surface area contributed by atoms with Crippen LogP contribution in [0.25, 0.3) is 6.08 Å². The van der Waals surface area contributed by atoms with Crippen LogP contribution in [0, 0.1) is 5.82 Å². The summed E-state index contributed by atoms with van der Waals surface area (Å²) < 4.78 is 20.5. The fourth-order valence-electron chi connectivity index (χ4n) is 3.18. The largest absolute Gasteiger partial charge is 0.488 e. The molecule has 0 radical (unpaired) electrons. The Kier molecular flexibility index (Phi) is 7.44. The first-order valence-corrected chi connectivity index (χ1v) is 11.8. The van der Waals surface area contributed by atoms with Crippen molar-refractivity contribution < 1.29 is 23.5 Å². The maximum absolute atomic E-state index is 13.9. The third kappa shape index (κ3) is 5.73. The number of imide groups is 1. The molecule has 1 saturated heterocycles. The lowest BCUT2D eigenvalue weighted by molar-refractivity contribution is -0.127. The normalized spacial score (nSPS) is 14.5. The molecule has 0 atom stereocenters. The molecule has 3 amide bonds. The van der Waals surface area contributed by atoms with E-state index in [0.717, 1.165) is 21.1 Å². The molecule has 0 spiro atoms. The highest BCUT2D eigenvalue weighted by atomic mass is 79.9. The zero-order valence-electron chi connectivity index (χ0n) is 17.7. The van der Waals surface area contributed by atoms with Gasteiger partial charge in [-0.15, -0.1) is 0 Å². The van der Waals surface area contributed by atoms with Gasteiger partial charge in [0.05, 0.1) is 4.91 Å². The Hall–Kier alpha value is -3.43. The van der Waals surface area contributed by atoms with Crippen LogP contribution in [0.1, 0.15) is 11.1 Å². The van der Waals surface area contributed by atoms with Gasteiger partial charge in [0.2, 0.25) is 5.91 Å². The number of nitrogens with one attached hydrogen (secondary N) is 1. The Balaban J connectivity index is 1.49. The van der Waals surface area contributed by atoms with Gasteiger partial charge in [-0.05, 0) is 54.2 Å². The van der Waals surface area contributed by atoms with Gasteiger partial charge in [0, 0.05) is 21.3 Å². The fraction of sp³-hybridized carbons (Fsp3) is 0.0800. The molecule has 4 rings (SSSR count). The van der Waals surface area contributed by atoms with Crippen LogP contribution in [-0.2, 0) is 16.2 Å². The highest BCUT2D eigenvalue weighted by Gasteiger charge is 2.36. The van der Waals surface area contributed by atoms with E-state index in [1.54, 1.807) is 60.7 Å². The van der Waals surface area contributed by atoms with E-state index in [0.29, 0.717) is 22.6 Å². The summed E-state index contributed by atoms with van der Waals surface area (Å²) in [4.78, 5) is 38.7. The van der Waals surface area contributed by atoms with Crippen molar-refractivity contribution in [1.29, 1.82) is 0 Å². The highest BCUT2D eigenvalue weighted by molar-refractivity contribution is 9.10. The molecule has 0 aliphatic carbocycles. The number of rotatable bonds is 7. The summed E-state index contributed by atoms with van der Waals surface area (Å²) in [6.07, 6.45) is 1.53. The van der Waals surface area contributed by atoms with Crippen molar-refractivity contribution in [2.45, 2.75) is 6.61 Å². The van der Waals surface area contributed by atoms with Crippen molar-refractivity contribution in [3.63, 3.8) is 0 Å². The lowest BCUT2D eigenvalue weighted by Crippen LogP contribution is -2.36. The van der Waals surface area contributed by atoms with E-state index in [9.17, 15) is 18.8 Å². The van der Waals surface area contributed by atoms with Crippen molar-refractivity contribution >= 4 is 56.5 Å². The number of anilines is 1. The van der Waals surface area contributed by atoms with Gasteiger partial charge in [-0.25, -0.2) is 4.39 Å². The number of ether oxygens (including phenoxy) is 1. The van der Waals surface area contributed by atoms with E-state index in [-0.39, 0.29) is 17.3 Å². The third-order valence-corrected chi connectivity index (χ3v) is 6.23. The minimum Gasteiger partial charge on any atom is -0.488 e. The molecule has 1 fully saturated rings. The molecule has 1 N–H and O–H groups in total. The summed E-state index contributed by atoms with van der Waals surface area (Å²) in [5, 5.41) is 2.12. The topological polar surface area (TPSA) is 75.7 Å². The first-order chi connectivity index (χ1) is 16.4. The van der Waals surface area contributed by atoms with Crippen LogP contribution in [0.2, 0.25) is 0 Å². The summed E-state index contributed by atoms with van der Waals surface area (Å²) in [7, 11) is 0. The van der Waals surface area contributed by atoms with Crippen molar-refractivity contribution in [3.8, 4) is 5.75 Å². The predicted molar refractivity (Wildman–Crippen MR) is 133 cm³/mol. The standard InChI is InChI=1S/C25H18BrFN2O4S/c26-18-10-11-21(33-15-16-6-4-5-9-20(16)27)17(12-18)13-22-24(31)29(25(32)34-22)14-23(30)28-19-7-2-1-3-8-19/h1-13H,14-15H2,(H,28,30)/b22-13-. The van der Waals surface area contributed by atoms with Crippen LogP contribution in [0.3, 0.4) is 0 Å². The summed E-state index contributed by atoms with van der Waals surface area (Å²) in [6.45, 7) is -0.400. The molecule has 3 aromatic carbocycles. The van der Waals surface area contributed by atoms with Crippen LogP contribution in [-0.4, -0.2) is 28.5 Å². The molecule has 9 heteroatoms. The summed E-state index contributed by atoms with van der Waals surface area (Å²) >= 11 is 4.13. The number of thioether (sulfide) groups is 1. The molecule has 6 nitrogen and oxygen atoms in total. The van der Waals surface area contributed by atoms with Crippen LogP contribution in [0.5, 0.6) is 5.75 Å². The van der Waals surface area contributed by atoms with Gasteiger partial charge in [0.25, 0.3) is 11.1 Å². The molecular formula is C25H18BrFN2O4S. The van der Waals surface area contributed by atoms with Crippen LogP contribution >= 0.6 is 27.7 Å². The average molecular weight is 541 g/mol. The maximum atomic E-state index is 13.9. The van der Waals surface area contributed by atoms with Gasteiger partial charge in [0.1, 0.15) is 24.7 Å². The lowest BCUT2D eigenvalue weighted by Gasteiger charge is -2.12. The first-order valence-electron chi connectivity index (χ1n) is 10.2. The number of hydrogen-bond donors (Lipinski definition) is 1. The summed E-state index contributed by atoms with van der Waals surface area (Å²) in [6, 6.07) is 20.2. The Labute approximate surface area is 207 Å². The Morgan fingerprint density at radius 2 is 1.79 bits per heavy atom. The van der Waals surface area contributed by atoms with E-state index >= 15 is 0 Å². The molecular weight excluding hydrogens is 523 g/mol. The van der Waals surface area contributed by atoms with Gasteiger partial charge in [-0.2, -0.15) is 0 Å². The quantitative estimate of drug-likeness (QED) is 0.381. The number of carbonyl (C=O) groups excluding carboxylic acids is 3. The van der Waals surface area contributed by atoms with Crippen molar-refractivity contribution in [2.24, 2.45) is 0 Å². The van der Waals surface area contributed by atoms with Gasteiger partial charge >= 0.3 is 0 Å². The van der Waals surface area contributed by atoms with E-state index in [2.05, 4.69) is 21.2 Å². The second-order valence-electron chi connectivity index (χ2n) is 7.24. The Morgan fingerprint density at radius 1 is 1.06 bits per heavy atom. The van der Waals surface area contributed by atoms with Gasteiger partial charge in [-0.3, -0.25) is 19.3 Å². The molecule has 0 unspecified atom stereocenters. The van der Waals surface area contributed by atoms with E-state index in [1.165, 1.54) is 12.1 Å².